The molecule has 0 aromatic heterocycles. The Bertz CT molecular complexity index is 312. The Balaban J connectivity index is 2.07. The predicted molar refractivity (Wildman–Crippen MR) is 77.5 cm³/mol. The summed E-state index contributed by atoms with van der Waals surface area (Å²) >= 11 is 1.86. The van der Waals surface area contributed by atoms with Crippen LogP contribution in [0.3, 0.4) is 0 Å². The maximum absolute atomic E-state index is 11.6. The van der Waals surface area contributed by atoms with Crippen molar-refractivity contribution < 1.29 is 14.7 Å². The number of carboxylic acid groups (broad SMARTS) is 1. The maximum atomic E-state index is 11.6. The summed E-state index contributed by atoms with van der Waals surface area (Å²) in [6, 6.07) is 0.158. The van der Waals surface area contributed by atoms with Crippen molar-refractivity contribution in [2.24, 2.45) is 5.92 Å². The smallest absolute Gasteiger partial charge is 0.315 e. The number of hydrogen-bond donors (Lipinski definition) is 3. The molecule has 0 aliphatic heterocycles. The predicted octanol–water partition coefficient (Wildman–Crippen LogP) is 2.07. The second kappa shape index (κ2) is 8.30. The fourth-order valence-corrected chi connectivity index (χ4v) is 3.05. The first kappa shape index (κ1) is 16.1. The van der Waals surface area contributed by atoms with Gasteiger partial charge in [-0.05, 0) is 38.4 Å². The van der Waals surface area contributed by atoms with Crippen molar-refractivity contribution in [3.63, 3.8) is 0 Å². The number of nitrogens with one attached hydrogen (secondary N) is 2. The first-order chi connectivity index (χ1) is 9.02. The molecule has 0 saturated heterocycles. The standard InChI is InChI=1S/C13H24N2O3S/c1-9(12(16)17)4-3-7-14-13(18)15-10-5-6-11(8-10)19-2/h9-11H,3-8H2,1-2H3,(H,16,17)(H2,14,15,18). The highest BCUT2D eigenvalue weighted by Gasteiger charge is 2.24. The van der Waals surface area contributed by atoms with E-state index in [4.69, 9.17) is 5.11 Å². The summed E-state index contributed by atoms with van der Waals surface area (Å²) in [5, 5.41) is 15.2. The van der Waals surface area contributed by atoms with Crippen molar-refractivity contribution in [2.75, 3.05) is 12.8 Å². The summed E-state index contributed by atoms with van der Waals surface area (Å²) < 4.78 is 0. The van der Waals surface area contributed by atoms with Gasteiger partial charge in [-0.15, -0.1) is 0 Å². The van der Waals surface area contributed by atoms with Crippen molar-refractivity contribution in [2.45, 2.75) is 50.3 Å². The third-order valence-electron chi connectivity index (χ3n) is 3.57. The Morgan fingerprint density at radius 2 is 2.16 bits per heavy atom. The molecule has 3 unspecified atom stereocenters. The number of thioether (sulfide) groups is 1. The molecular weight excluding hydrogens is 264 g/mol. The number of aliphatic carboxylic acids is 1. The lowest BCUT2D eigenvalue weighted by Crippen LogP contribution is -2.41. The van der Waals surface area contributed by atoms with Gasteiger partial charge in [0.15, 0.2) is 0 Å². The maximum Gasteiger partial charge on any atom is 0.315 e. The fraction of sp³-hybridized carbons (Fsp3) is 0.846. The molecule has 1 rings (SSSR count). The van der Waals surface area contributed by atoms with E-state index in [1.165, 1.54) is 6.42 Å². The van der Waals surface area contributed by atoms with Gasteiger partial charge in [-0.25, -0.2) is 4.79 Å². The molecule has 1 saturated carbocycles. The fourth-order valence-electron chi connectivity index (χ4n) is 2.26. The minimum absolute atomic E-state index is 0.130. The normalized spacial score (nSPS) is 23.9. The molecule has 0 bridgehead atoms. The van der Waals surface area contributed by atoms with Gasteiger partial charge in [0.2, 0.25) is 0 Å². The highest BCUT2D eigenvalue weighted by Crippen LogP contribution is 2.27. The zero-order valence-corrected chi connectivity index (χ0v) is 12.5. The molecule has 0 aromatic rings. The van der Waals surface area contributed by atoms with E-state index in [1.807, 2.05) is 11.8 Å². The highest BCUT2D eigenvalue weighted by molar-refractivity contribution is 7.99. The first-order valence-electron chi connectivity index (χ1n) is 6.83. The van der Waals surface area contributed by atoms with Crippen LogP contribution in [0, 0.1) is 5.92 Å². The number of rotatable bonds is 7. The van der Waals surface area contributed by atoms with Gasteiger partial charge in [-0.1, -0.05) is 6.92 Å². The molecule has 19 heavy (non-hydrogen) atoms. The number of carboxylic acids is 1. The molecule has 5 nitrogen and oxygen atoms in total. The van der Waals surface area contributed by atoms with Crippen molar-refractivity contribution in [1.82, 2.24) is 10.6 Å². The third kappa shape index (κ3) is 6.18. The molecular formula is C13H24N2O3S. The average Bonchev–Trinajstić information content (AvgIpc) is 2.81. The Kier molecular flexibility index (Phi) is 7.05. The van der Waals surface area contributed by atoms with E-state index in [9.17, 15) is 9.59 Å². The van der Waals surface area contributed by atoms with Crippen LogP contribution in [0.1, 0.15) is 39.0 Å². The molecule has 0 aromatic carbocycles. The molecule has 1 aliphatic carbocycles. The minimum atomic E-state index is -0.779. The summed E-state index contributed by atoms with van der Waals surface area (Å²) in [7, 11) is 0. The molecule has 0 heterocycles. The number of carbonyl (C=O) groups is 2. The van der Waals surface area contributed by atoms with Crippen LogP contribution in [0.15, 0.2) is 0 Å². The first-order valence-corrected chi connectivity index (χ1v) is 8.11. The summed E-state index contributed by atoms with van der Waals surface area (Å²) in [4.78, 5) is 22.2. The molecule has 6 heteroatoms. The van der Waals surface area contributed by atoms with Crippen LogP contribution in [0.5, 0.6) is 0 Å². The summed E-state index contributed by atoms with van der Waals surface area (Å²) in [5.74, 6) is -1.12. The second-order valence-corrected chi connectivity index (χ2v) is 6.29. The van der Waals surface area contributed by atoms with Crippen molar-refractivity contribution >= 4 is 23.8 Å². The van der Waals surface area contributed by atoms with Gasteiger partial charge in [-0.3, -0.25) is 4.79 Å². The molecule has 1 aliphatic rings. The Labute approximate surface area is 118 Å². The van der Waals surface area contributed by atoms with Gasteiger partial charge in [0.05, 0.1) is 5.92 Å². The number of hydrogen-bond acceptors (Lipinski definition) is 3. The van der Waals surface area contributed by atoms with Gasteiger partial charge >= 0.3 is 12.0 Å². The van der Waals surface area contributed by atoms with E-state index in [2.05, 4.69) is 16.9 Å². The van der Waals surface area contributed by atoms with Crippen LogP contribution in [0.25, 0.3) is 0 Å². The van der Waals surface area contributed by atoms with E-state index >= 15 is 0 Å². The molecule has 1 fully saturated rings. The molecule has 110 valence electrons. The zero-order chi connectivity index (χ0) is 14.3. The number of urea groups is 1. The zero-order valence-electron chi connectivity index (χ0n) is 11.6. The van der Waals surface area contributed by atoms with Crippen LogP contribution in [0.2, 0.25) is 0 Å². The van der Waals surface area contributed by atoms with E-state index in [0.29, 0.717) is 24.6 Å². The quantitative estimate of drug-likeness (QED) is 0.627. The SMILES string of the molecule is CSC1CCC(NC(=O)NCCCC(C)C(=O)O)C1. The Morgan fingerprint density at radius 3 is 2.74 bits per heavy atom. The second-order valence-electron chi connectivity index (χ2n) is 5.15. The minimum Gasteiger partial charge on any atom is -0.481 e. The van der Waals surface area contributed by atoms with Crippen molar-refractivity contribution in [1.29, 1.82) is 0 Å². The Morgan fingerprint density at radius 1 is 1.42 bits per heavy atom. The van der Waals surface area contributed by atoms with Crippen molar-refractivity contribution in [3.05, 3.63) is 0 Å². The van der Waals surface area contributed by atoms with Gasteiger partial charge in [0.25, 0.3) is 0 Å². The lowest BCUT2D eigenvalue weighted by Gasteiger charge is -2.14. The highest BCUT2D eigenvalue weighted by atomic mass is 32.2. The van der Waals surface area contributed by atoms with Crippen LogP contribution in [0.4, 0.5) is 4.79 Å². The summed E-state index contributed by atoms with van der Waals surface area (Å²) in [6.07, 6.45) is 6.66. The van der Waals surface area contributed by atoms with E-state index in [0.717, 1.165) is 12.8 Å². The van der Waals surface area contributed by atoms with Gasteiger partial charge < -0.3 is 15.7 Å². The van der Waals surface area contributed by atoms with Gasteiger partial charge in [0.1, 0.15) is 0 Å². The van der Waals surface area contributed by atoms with Crippen LogP contribution in [-0.4, -0.2) is 41.2 Å². The van der Waals surface area contributed by atoms with Crippen LogP contribution >= 0.6 is 11.8 Å². The molecule has 3 N–H and O–H groups in total. The van der Waals surface area contributed by atoms with Crippen LogP contribution < -0.4 is 10.6 Å². The lowest BCUT2D eigenvalue weighted by molar-refractivity contribution is -0.141. The monoisotopic (exact) mass is 288 g/mol. The van der Waals surface area contributed by atoms with Crippen LogP contribution in [-0.2, 0) is 4.79 Å². The molecule has 2 amide bonds. The van der Waals surface area contributed by atoms with E-state index < -0.39 is 5.97 Å². The number of carbonyl (C=O) groups excluding carboxylic acids is 1. The van der Waals surface area contributed by atoms with E-state index in [-0.39, 0.29) is 18.0 Å². The third-order valence-corrected chi connectivity index (χ3v) is 4.67. The summed E-state index contributed by atoms with van der Waals surface area (Å²) in [6.45, 7) is 2.21. The average molecular weight is 288 g/mol. The lowest BCUT2D eigenvalue weighted by atomic mass is 10.1. The molecule has 0 radical (unpaired) electrons. The van der Waals surface area contributed by atoms with Crippen molar-refractivity contribution in [3.8, 4) is 0 Å². The molecule has 0 spiro atoms. The van der Waals surface area contributed by atoms with E-state index in [1.54, 1.807) is 6.92 Å². The number of amides is 2. The Hall–Kier alpha value is -0.910. The topological polar surface area (TPSA) is 78.4 Å². The summed E-state index contributed by atoms with van der Waals surface area (Å²) in [5.41, 5.74) is 0. The van der Waals surface area contributed by atoms with Gasteiger partial charge in [0, 0.05) is 17.8 Å². The molecule has 3 atom stereocenters. The largest absolute Gasteiger partial charge is 0.481 e. The van der Waals surface area contributed by atoms with Gasteiger partial charge in [-0.2, -0.15) is 11.8 Å².